The van der Waals surface area contributed by atoms with Crippen molar-refractivity contribution < 1.29 is 5.11 Å². The van der Waals surface area contributed by atoms with Crippen LogP contribution in [0.5, 0.6) is 0 Å². The molecule has 0 spiro atoms. The Balaban J connectivity index is 3.05. The topological polar surface area (TPSA) is 32.3 Å². The molecule has 0 atom stereocenters. The Hall–Kier alpha value is 0.270. The van der Waals surface area contributed by atoms with E-state index in [2.05, 4.69) is 19.2 Å². The molecule has 0 aliphatic heterocycles. The lowest BCUT2D eigenvalue weighted by Gasteiger charge is -2.13. The third-order valence-corrected chi connectivity index (χ3v) is 3.18. The predicted molar refractivity (Wildman–Crippen MR) is 61.4 cm³/mol. The number of nitrogens with one attached hydrogen (secondary N) is 1. The minimum atomic E-state index is 0.326. The van der Waals surface area contributed by atoms with Gasteiger partial charge in [0.05, 0.1) is 0 Å². The lowest BCUT2D eigenvalue weighted by molar-refractivity contribution is 0.296. The first kappa shape index (κ1) is 13.3. The molecule has 0 rings (SSSR count). The fraction of sp³-hybridized carbons (Fsp3) is 1.00. The van der Waals surface area contributed by atoms with Crippen LogP contribution >= 0.6 is 11.8 Å². The zero-order valence-electron chi connectivity index (χ0n) is 8.88. The highest BCUT2D eigenvalue weighted by Crippen LogP contribution is 2.01. The lowest BCUT2D eigenvalue weighted by atomic mass is 10.2. The number of rotatable bonds is 9. The number of hydrogen-bond acceptors (Lipinski definition) is 3. The van der Waals surface area contributed by atoms with Crippen molar-refractivity contribution in [2.75, 3.05) is 24.7 Å². The molecule has 0 fully saturated rings. The number of hydrogen-bond donors (Lipinski definition) is 2. The molecule has 0 radical (unpaired) electrons. The van der Waals surface area contributed by atoms with Gasteiger partial charge in [0.2, 0.25) is 0 Å². The summed E-state index contributed by atoms with van der Waals surface area (Å²) in [6.07, 6.45) is 3.37. The SMILES string of the molecule is CCC(CC)NCCSCCCO. The van der Waals surface area contributed by atoms with Crippen LogP contribution in [-0.4, -0.2) is 35.8 Å². The molecule has 0 aromatic rings. The summed E-state index contributed by atoms with van der Waals surface area (Å²) < 4.78 is 0. The van der Waals surface area contributed by atoms with E-state index in [4.69, 9.17) is 5.11 Å². The summed E-state index contributed by atoms with van der Waals surface area (Å²) in [5.41, 5.74) is 0. The molecule has 2 N–H and O–H groups in total. The highest BCUT2D eigenvalue weighted by Gasteiger charge is 2.00. The van der Waals surface area contributed by atoms with Gasteiger partial charge in [-0.3, -0.25) is 0 Å². The van der Waals surface area contributed by atoms with Crippen molar-refractivity contribution in [1.29, 1.82) is 0 Å². The van der Waals surface area contributed by atoms with Gasteiger partial charge in [0.1, 0.15) is 0 Å². The fourth-order valence-corrected chi connectivity index (χ4v) is 1.98. The van der Waals surface area contributed by atoms with Crippen molar-refractivity contribution in [2.45, 2.75) is 39.2 Å². The summed E-state index contributed by atoms with van der Waals surface area (Å²) in [4.78, 5) is 0. The molecular weight excluding hydrogens is 182 g/mol. The van der Waals surface area contributed by atoms with Gasteiger partial charge in [0, 0.05) is 24.9 Å². The molecule has 0 aliphatic rings. The Bertz CT molecular complexity index is 96.9. The average molecular weight is 205 g/mol. The largest absolute Gasteiger partial charge is 0.396 e. The maximum Gasteiger partial charge on any atom is 0.0438 e. The third kappa shape index (κ3) is 8.60. The van der Waals surface area contributed by atoms with Crippen molar-refractivity contribution in [2.24, 2.45) is 0 Å². The average Bonchev–Trinajstić information content (AvgIpc) is 2.17. The van der Waals surface area contributed by atoms with Crippen molar-refractivity contribution >= 4 is 11.8 Å². The van der Waals surface area contributed by atoms with Crippen molar-refractivity contribution in [3.63, 3.8) is 0 Å². The summed E-state index contributed by atoms with van der Waals surface area (Å²) in [7, 11) is 0. The van der Waals surface area contributed by atoms with Crippen LogP contribution in [-0.2, 0) is 0 Å². The summed E-state index contributed by atoms with van der Waals surface area (Å²) in [5, 5.41) is 12.1. The summed E-state index contributed by atoms with van der Waals surface area (Å²) >= 11 is 1.92. The van der Waals surface area contributed by atoms with Gasteiger partial charge in [0.15, 0.2) is 0 Å². The molecule has 80 valence electrons. The first-order valence-electron chi connectivity index (χ1n) is 5.27. The molecule has 0 unspecified atom stereocenters. The number of thioether (sulfide) groups is 1. The molecule has 13 heavy (non-hydrogen) atoms. The fourth-order valence-electron chi connectivity index (χ4n) is 1.18. The first-order valence-corrected chi connectivity index (χ1v) is 6.42. The maximum atomic E-state index is 8.56. The molecule has 0 bridgehead atoms. The smallest absolute Gasteiger partial charge is 0.0438 e. The molecule has 3 heteroatoms. The molecule has 0 aromatic heterocycles. The maximum absolute atomic E-state index is 8.56. The zero-order chi connectivity index (χ0) is 9.94. The van der Waals surface area contributed by atoms with Crippen LogP contribution in [0.1, 0.15) is 33.1 Å². The zero-order valence-corrected chi connectivity index (χ0v) is 9.70. The molecular formula is C10H23NOS. The van der Waals surface area contributed by atoms with Gasteiger partial charge in [0.25, 0.3) is 0 Å². The van der Waals surface area contributed by atoms with Crippen molar-refractivity contribution in [3.8, 4) is 0 Å². The Morgan fingerprint density at radius 2 is 1.92 bits per heavy atom. The Kier molecular flexibility index (Phi) is 10.6. The molecule has 0 amide bonds. The van der Waals surface area contributed by atoms with Crippen LogP contribution < -0.4 is 5.32 Å². The van der Waals surface area contributed by atoms with Crippen LogP contribution in [0, 0.1) is 0 Å². The molecule has 0 saturated heterocycles. The lowest BCUT2D eigenvalue weighted by Crippen LogP contribution is -2.29. The second-order valence-electron chi connectivity index (χ2n) is 3.16. The van der Waals surface area contributed by atoms with Gasteiger partial charge < -0.3 is 10.4 Å². The monoisotopic (exact) mass is 205 g/mol. The quantitative estimate of drug-likeness (QED) is 0.564. The van der Waals surface area contributed by atoms with Gasteiger partial charge >= 0.3 is 0 Å². The third-order valence-electron chi connectivity index (χ3n) is 2.11. The van der Waals surface area contributed by atoms with E-state index in [0.717, 1.165) is 24.5 Å². The second kappa shape index (κ2) is 10.4. The van der Waals surface area contributed by atoms with Crippen LogP contribution in [0.25, 0.3) is 0 Å². The van der Waals surface area contributed by atoms with E-state index >= 15 is 0 Å². The van der Waals surface area contributed by atoms with E-state index in [0.29, 0.717) is 12.6 Å². The highest BCUT2D eigenvalue weighted by molar-refractivity contribution is 7.99. The normalized spacial score (nSPS) is 11.1. The second-order valence-corrected chi connectivity index (χ2v) is 4.38. The Labute approximate surface area is 86.5 Å². The van der Waals surface area contributed by atoms with Crippen LogP contribution in [0.4, 0.5) is 0 Å². The number of aliphatic hydroxyl groups excluding tert-OH is 1. The van der Waals surface area contributed by atoms with Crippen LogP contribution in [0.2, 0.25) is 0 Å². The highest BCUT2D eigenvalue weighted by atomic mass is 32.2. The van der Waals surface area contributed by atoms with Crippen molar-refractivity contribution in [1.82, 2.24) is 5.32 Å². The minimum absolute atomic E-state index is 0.326. The van der Waals surface area contributed by atoms with E-state index in [-0.39, 0.29) is 0 Å². The Morgan fingerprint density at radius 3 is 2.46 bits per heavy atom. The number of aliphatic hydroxyl groups is 1. The summed E-state index contributed by atoms with van der Waals surface area (Å²) in [6.45, 7) is 5.87. The van der Waals surface area contributed by atoms with Gasteiger partial charge in [-0.25, -0.2) is 0 Å². The molecule has 0 heterocycles. The van der Waals surface area contributed by atoms with Crippen LogP contribution in [0.15, 0.2) is 0 Å². The summed E-state index contributed by atoms with van der Waals surface area (Å²) in [5.74, 6) is 2.25. The standard InChI is InChI=1S/C10H23NOS/c1-3-10(4-2)11-6-9-13-8-5-7-12/h10-12H,3-9H2,1-2H3. The van der Waals surface area contributed by atoms with E-state index in [1.807, 2.05) is 11.8 Å². The van der Waals surface area contributed by atoms with E-state index < -0.39 is 0 Å². The van der Waals surface area contributed by atoms with E-state index in [1.54, 1.807) is 0 Å². The molecule has 0 saturated carbocycles. The van der Waals surface area contributed by atoms with Gasteiger partial charge in [-0.15, -0.1) is 0 Å². The van der Waals surface area contributed by atoms with Gasteiger partial charge in [-0.05, 0) is 25.0 Å². The van der Waals surface area contributed by atoms with Gasteiger partial charge in [-0.1, -0.05) is 13.8 Å². The van der Waals surface area contributed by atoms with E-state index in [1.165, 1.54) is 12.8 Å². The summed E-state index contributed by atoms with van der Waals surface area (Å²) in [6, 6.07) is 0.693. The Morgan fingerprint density at radius 1 is 1.23 bits per heavy atom. The van der Waals surface area contributed by atoms with Crippen molar-refractivity contribution in [3.05, 3.63) is 0 Å². The molecule has 0 aliphatic carbocycles. The van der Waals surface area contributed by atoms with E-state index in [9.17, 15) is 0 Å². The molecule has 2 nitrogen and oxygen atoms in total. The predicted octanol–water partition coefficient (Wildman–Crippen LogP) is 1.88. The first-order chi connectivity index (χ1) is 6.35. The minimum Gasteiger partial charge on any atom is -0.396 e. The van der Waals surface area contributed by atoms with Gasteiger partial charge in [-0.2, -0.15) is 11.8 Å². The van der Waals surface area contributed by atoms with Crippen LogP contribution in [0.3, 0.4) is 0 Å². The molecule has 0 aromatic carbocycles.